The summed E-state index contributed by atoms with van der Waals surface area (Å²) < 4.78 is 43.5. The lowest BCUT2D eigenvalue weighted by Gasteiger charge is -2.15. The number of ether oxygens (including phenoxy) is 1. The van der Waals surface area contributed by atoms with E-state index in [0.29, 0.717) is 12.1 Å². The minimum Gasteiger partial charge on any atom is -0.493 e. The number of hydrogen-bond donors (Lipinski definition) is 0. The third-order valence-electron chi connectivity index (χ3n) is 2.26. The van der Waals surface area contributed by atoms with Crippen LogP contribution in [0.3, 0.4) is 0 Å². The molecule has 0 N–H and O–H groups in total. The number of rotatable bonds is 4. The summed E-state index contributed by atoms with van der Waals surface area (Å²) in [6.45, 7) is 2.23. The van der Waals surface area contributed by atoms with Crippen LogP contribution in [0.5, 0.6) is 5.75 Å². The third kappa shape index (κ3) is 3.21. The monoisotopic (exact) mass is 277 g/mol. The van der Waals surface area contributed by atoms with Crippen LogP contribution >= 0.6 is 0 Å². The topological polar surface area (TPSA) is 69.4 Å². The van der Waals surface area contributed by atoms with Gasteiger partial charge in [0.05, 0.1) is 17.6 Å². The second-order valence-corrected chi connectivity index (χ2v) is 3.61. The van der Waals surface area contributed by atoms with Gasteiger partial charge in [-0.3, -0.25) is 14.9 Å². The predicted octanol–water partition coefficient (Wildman–Crippen LogP) is 3.21. The molecule has 104 valence electrons. The first-order valence-corrected chi connectivity index (χ1v) is 5.21. The fraction of sp³-hybridized carbons (Fsp3) is 0.364. The van der Waals surface area contributed by atoms with Crippen molar-refractivity contribution in [3.8, 4) is 5.75 Å². The van der Waals surface area contributed by atoms with Crippen LogP contribution in [0.15, 0.2) is 12.1 Å². The quantitative estimate of drug-likeness (QED) is 0.481. The van der Waals surface area contributed by atoms with Gasteiger partial charge in [-0.2, -0.15) is 13.2 Å². The molecule has 5 nitrogen and oxygen atoms in total. The Kier molecular flexibility index (Phi) is 4.13. The number of alkyl halides is 3. The zero-order valence-corrected chi connectivity index (χ0v) is 10.1. The molecule has 0 fully saturated rings. The Hall–Kier alpha value is -2.12. The number of benzene rings is 1. The highest BCUT2D eigenvalue weighted by atomic mass is 19.4. The summed E-state index contributed by atoms with van der Waals surface area (Å²) in [5.41, 5.74) is -2.68. The van der Waals surface area contributed by atoms with Gasteiger partial charge in [0.1, 0.15) is 11.3 Å². The summed E-state index contributed by atoms with van der Waals surface area (Å²) >= 11 is 0. The van der Waals surface area contributed by atoms with E-state index in [1.54, 1.807) is 0 Å². The molecule has 0 spiro atoms. The number of hydrogen-bond acceptors (Lipinski definition) is 4. The lowest BCUT2D eigenvalue weighted by molar-refractivity contribution is -0.385. The molecule has 1 aromatic carbocycles. The van der Waals surface area contributed by atoms with E-state index in [1.165, 1.54) is 6.92 Å². The molecule has 0 aliphatic carbocycles. The van der Waals surface area contributed by atoms with E-state index in [1.807, 2.05) is 0 Å². The van der Waals surface area contributed by atoms with Gasteiger partial charge in [0.2, 0.25) is 0 Å². The molecule has 1 rings (SSSR count). The van der Waals surface area contributed by atoms with Crippen molar-refractivity contribution < 1.29 is 27.6 Å². The molecule has 19 heavy (non-hydrogen) atoms. The molecule has 0 aromatic heterocycles. The maximum Gasteiger partial charge on any atom is 0.420 e. The van der Waals surface area contributed by atoms with Crippen molar-refractivity contribution in [1.82, 2.24) is 0 Å². The summed E-state index contributed by atoms with van der Waals surface area (Å²) in [7, 11) is 0. The minimum atomic E-state index is -4.83. The van der Waals surface area contributed by atoms with Crippen molar-refractivity contribution in [1.29, 1.82) is 0 Å². The number of Topliss-reactive ketones (excluding diaryl/α,β-unsaturated/α-hetero) is 1. The first-order valence-electron chi connectivity index (χ1n) is 5.21. The van der Waals surface area contributed by atoms with Crippen molar-refractivity contribution in [2.45, 2.75) is 20.0 Å². The highest BCUT2D eigenvalue weighted by Crippen LogP contribution is 2.41. The molecule has 0 unspecified atom stereocenters. The van der Waals surface area contributed by atoms with E-state index in [9.17, 15) is 28.1 Å². The number of carbonyl (C=O) groups is 1. The van der Waals surface area contributed by atoms with Crippen LogP contribution in [0.2, 0.25) is 0 Å². The Balaban J connectivity index is 3.65. The lowest BCUT2D eigenvalue weighted by Crippen LogP contribution is -2.15. The molecule has 0 saturated carbocycles. The van der Waals surface area contributed by atoms with Crippen LogP contribution in [0.4, 0.5) is 18.9 Å². The second kappa shape index (κ2) is 5.25. The van der Waals surface area contributed by atoms with Gasteiger partial charge < -0.3 is 4.74 Å². The second-order valence-electron chi connectivity index (χ2n) is 3.61. The first-order chi connectivity index (χ1) is 8.68. The first kappa shape index (κ1) is 14.9. The van der Waals surface area contributed by atoms with E-state index in [2.05, 4.69) is 0 Å². The van der Waals surface area contributed by atoms with Gasteiger partial charge in [0.25, 0.3) is 5.69 Å². The van der Waals surface area contributed by atoms with Crippen LogP contribution in [0.25, 0.3) is 0 Å². The Morgan fingerprint density at radius 3 is 2.37 bits per heavy atom. The van der Waals surface area contributed by atoms with E-state index < -0.39 is 39.4 Å². The van der Waals surface area contributed by atoms with Gasteiger partial charge in [-0.15, -0.1) is 0 Å². The predicted molar refractivity (Wildman–Crippen MR) is 59.3 cm³/mol. The van der Waals surface area contributed by atoms with Gasteiger partial charge in [-0.1, -0.05) is 0 Å². The molecular formula is C11H10F3NO4. The van der Waals surface area contributed by atoms with Crippen LogP contribution in [-0.2, 0) is 6.18 Å². The number of halogens is 3. The summed E-state index contributed by atoms with van der Waals surface area (Å²) in [5, 5.41) is 10.7. The van der Waals surface area contributed by atoms with E-state index >= 15 is 0 Å². The molecule has 0 amide bonds. The zero-order valence-electron chi connectivity index (χ0n) is 10.1. The molecule has 8 heteroatoms. The molecule has 0 saturated heterocycles. The highest BCUT2D eigenvalue weighted by molar-refractivity contribution is 5.97. The summed E-state index contributed by atoms with van der Waals surface area (Å²) in [5.74, 6) is -1.63. The Bertz CT molecular complexity index is 525. The minimum absolute atomic E-state index is 0.110. The number of nitrogens with zero attached hydrogens (tertiary/aromatic N) is 1. The summed E-state index contributed by atoms with van der Waals surface area (Å²) in [6, 6.07) is 1.27. The van der Waals surface area contributed by atoms with Crippen LogP contribution < -0.4 is 4.74 Å². The molecule has 0 aliphatic rings. The SMILES string of the molecule is CCOc1cc([N+](=O)[O-])cc(C(C)=O)c1C(F)(F)F. The third-order valence-corrected chi connectivity index (χ3v) is 2.26. The smallest absolute Gasteiger partial charge is 0.420 e. The van der Waals surface area contributed by atoms with Crippen molar-refractivity contribution in [2.75, 3.05) is 6.61 Å². The van der Waals surface area contributed by atoms with Gasteiger partial charge in [0, 0.05) is 11.6 Å². The Labute approximate surface area is 106 Å². The average molecular weight is 277 g/mol. The summed E-state index contributed by atoms with van der Waals surface area (Å²) in [4.78, 5) is 21.0. The Morgan fingerprint density at radius 1 is 1.42 bits per heavy atom. The molecule has 0 atom stereocenters. The number of nitro groups is 1. The van der Waals surface area contributed by atoms with Gasteiger partial charge in [-0.25, -0.2) is 0 Å². The molecule has 0 radical (unpaired) electrons. The van der Waals surface area contributed by atoms with Crippen LogP contribution in [0.1, 0.15) is 29.8 Å². The normalized spacial score (nSPS) is 11.2. The standard InChI is InChI=1S/C11H10F3NO4/c1-3-19-9-5-7(15(17)18)4-8(6(2)16)10(9)11(12,13)14/h4-5H,3H2,1-2H3. The van der Waals surface area contributed by atoms with Gasteiger partial charge in [0.15, 0.2) is 5.78 Å². The highest BCUT2D eigenvalue weighted by Gasteiger charge is 2.39. The Morgan fingerprint density at radius 2 is 2.00 bits per heavy atom. The molecule has 0 aliphatic heterocycles. The van der Waals surface area contributed by atoms with Gasteiger partial charge in [-0.05, 0) is 13.8 Å². The largest absolute Gasteiger partial charge is 0.493 e. The van der Waals surface area contributed by atoms with Crippen molar-refractivity contribution in [3.05, 3.63) is 33.4 Å². The van der Waals surface area contributed by atoms with Crippen LogP contribution in [0, 0.1) is 10.1 Å². The zero-order chi connectivity index (χ0) is 14.8. The van der Waals surface area contributed by atoms with Crippen molar-refractivity contribution >= 4 is 11.5 Å². The maximum absolute atomic E-state index is 12.9. The summed E-state index contributed by atoms with van der Waals surface area (Å²) in [6.07, 6.45) is -4.83. The van der Waals surface area contributed by atoms with Gasteiger partial charge >= 0.3 is 6.18 Å². The molecule has 0 heterocycles. The molecule has 1 aromatic rings. The number of non-ortho nitro benzene ring substituents is 1. The van der Waals surface area contributed by atoms with E-state index in [-0.39, 0.29) is 6.61 Å². The van der Waals surface area contributed by atoms with Crippen molar-refractivity contribution in [3.63, 3.8) is 0 Å². The molecular weight excluding hydrogens is 267 g/mol. The number of nitro benzene ring substituents is 1. The fourth-order valence-corrected chi connectivity index (χ4v) is 1.55. The van der Waals surface area contributed by atoms with Crippen LogP contribution in [-0.4, -0.2) is 17.3 Å². The van der Waals surface area contributed by atoms with Crippen molar-refractivity contribution in [2.24, 2.45) is 0 Å². The lowest BCUT2D eigenvalue weighted by atomic mass is 10.0. The maximum atomic E-state index is 12.9. The fourth-order valence-electron chi connectivity index (χ4n) is 1.55. The van der Waals surface area contributed by atoms with E-state index in [4.69, 9.17) is 4.74 Å². The van der Waals surface area contributed by atoms with E-state index in [0.717, 1.165) is 6.92 Å². The average Bonchev–Trinajstić information content (AvgIpc) is 2.26. The number of ketones is 1. The number of carbonyl (C=O) groups excluding carboxylic acids is 1. The molecule has 0 bridgehead atoms.